The topological polar surface area (TPSA) is 71.8 Å². The van der Waals surface area contributed by atoms with Crippen LogP contribution in [0.5, 0.6) is 0 Å². The molecule has 0 unspecified atom stereocenters. The van der Waals surface area contributed by atoms with E-state index >= 15 is 0 Å². The van der Waals surface area contributed by atoms with Gasteiger partial charge < -0.3 is 10.7 Å². The molecule has 1 aliphatic carbocycles. The average molecular weight is 235 g/mol. The van der Waals surface area contributed by atoms with Gasteiger partial charge in [-0.05, 0) is 32.2 Å². The van der Waals surface area contributed by atoms with E-state index < -0.39 is 0 Å². The molecule has 4 nitrogen and oxygen atoms in total. The Kier molecular flexibility index (Phi) is 3.94. The molecule has 1 saturated carbocycles. The quantitative estimate of drug-likeness (QED) is 0.812. The van der Waals surface area contributed by atoms with Crippen LogP contribution < -0.4 is 11.3 Å². The minimum atomic E-state index is 0.0483. The molecular weight excluding hydrogens is 214 g/mol. The molecule has 0 aromatic carbocycles. The summed E-state index contributed by atoms with van der Waals surface area (Å²) in [6.07, 6.45) is 6.01. The fraction of sp³-hybridized carbons (Fsp3) is 0.692. The standard InChI is InChI=1S/C13H21N3O/c1-2-11-15-12(9-5-3-6-9)10(7-4-8-14)13(17)16-11/h9H,2-8,14H2,1H3,(H,15,16,17). The number of aryl methyl sites for hydroxylation is 1. The first-order valence-electron chi connectivity index (χ1n) is 6.58. The summed E-state index contributed by atoms with van der Waals surface area (Å²) >= 11 is 0. The fourth-order valence-electron chi connectivity index (χ4n) is 2.27. The van der Waals surface area contributed by atoms with Crippen LogP contribution in [-0.2, 0) is 12.8 Å². The van der Waals surface area contributed by atoms with Gasteiger partial charge in [0.15, 0.2) is 0 Å². The lowest BCUT2D eigenvalue weighted by Crippen LogP contribution is -2.25. The van der Waals surface area contributed by atoms with Crippen molar-refractivity contribution in [1.82, 2.24) is 9.97 Å². The van der Waals surface area contributed by atoms with Gasteiger partial charge in [-0.1, -0.05) is 13.3 Å². The molecule has 1 aromatic rings. The van der Waals surface area contributed by atoms with Crippen LogP contribution in [0.1, 0.15) is 55.6 Å². The van der Waals surface area contributed by atoms with Gasteiger partial charge in [-0.2, -0.15) is 0 Å². The average Bonchev–Trinajstić information content (AvgIpc) is 2.25. The smallest absolute Gasteiger partial charge is 0.254 e. The molecule has 4 heteroatoms. The molecule has 0 radical (unpaired) electrons. The summed E-state index contributed by atoms with van der Waals surface area (Å²) in [6.45, 7) is 2.64. The van der Waals surface area contributed by atoms with Gasteiger partial charge in [-0.3, -0.25) is 4.79 Å². The summed E-state index contributed by atoms with van der Waals surface area (Å²) < 4.78 is 0. The third-order valence-electron chi connectivity index (χ3n) is 3.55. The van der Waals surface area contributed by atoms with Crippen molar-refractivity contribution in [2.75, 3.05) is 6.54 Å². The Labute approximate surface area is 102 Å². The maximum Gasteiger partial charge on any atom is 0.254 e. The summed E-state index contributed by atoms with van der Waals surface area (Å²) in [4.78, 5) is 19.5. The molecule has 0 spiro atoms. The Morgan fingerprint density at radius 3 is 2.76 bits per heavy atom. The number of nitrogens with two attached hydrogens (primary N) is 1. The van der Waals surface area contributed by atoms with Crippen LogP contribution in [0.15, 0.2) is 4.79 Å². The Morgan fingerprint density at radius 2 is 2.24 bits per heavy atom. The van der Waals surface area contributed by atoms with Crippen LogP contribution in [0.2, 0.25) is 0 Å². The van der Waals surface area contributed by atoms with Crippen molar-refractivity contribution in [3.05, 3.63) is 27.4 Å². The number of H-pyrrole nitrogens is 1. The van der Waals surface area contributed by atoms with Gasteiger partial charge in [0, 0.05) is 17.9 Å². The van der Waals surface area contributed by atoms with E-state index in [0.29, 0.717) is 12.5 Å². The molecule has 17 heavy (non-hydrogen) atoms. The molecule has 1 heterocycles. The number of aromatic amines is 1. The molecule has 0 aliphatic heterocycles. The van der Waals surface area contributed by atoms with Crippen LogP contribution in [0.4, 0.5) is 0 Å². The summed E-state index contributed by atoms with van der Waals surface area (Å²) in [5.41, 5.74) is 7.49. The van der Waals surface area contributed by atoms with E-state index in [1.807, 2.05) is 6.92 Å². The molecule has 0 atom stereocenters. The molecule has 0 saturated heterocycles. The molecule has 2 rings (SSSR count). The van der Waals surface area contributed by atoms with Crippen molar-refractivity contribution < 1.29 is 0 Å². The Morgan fingerprint density at radius 1 is 1.47 bits per heavy atom. The molecule has 0 bridgehead atoms. The predicted molar refractivity (Wildman–Crippen MR) is 68.2 cm³/mol. The lowest BCUT2D eigenvalue weighted by Gasteiger charge is -2.26. The van der Waals surface area contributed by atoms with Gasteiger partial charge in [-0.25, -0.2) is 4.98 Å². The molecule has 1 aliphatic rings. The van der Waals surface area contributed by atoms with Crippen LogP contribution in [0.25, 0.3) is 0 Å². The highest BCUT2D eigenvalue weighted by Gasteiger charge is 2.25. The maximum atomic E-state index is 12.0. The zero-order valence-corrected chi connectivity index (χ0v) is 10.5. The third kappa shape index (κ3) is 2.57. The summed E-state index contributed by atoms with van der Waals surface area (Å²) in [5, 5.41) is 0. The van der Waals surface area contributed by atoms with Crippen molar-refractivity contribution in [2.45, 2.75) is 51.4 Å². The molecule has 3 N–H and O–H groups in total. The zero-order valence-electron chi connectivity index (χ0n) is 10.5. The third-order valence-corrected chi connectivity index (χ3v) is 3.55. The number of nitrogens with one attached hydrogen (secondary N) is 1. The Balaban J connectivity index is 2.35. The number of hydrogen-bond acceptors (Lipinski definition) is 3. The number of rotatable bonds is 5. The van der Waals surface area contributed by atoms with Crippen molar-refractivity contribution in [3.63, 3.8) is 0 Å². The highest BCUT2D eigenvalue weighted by atomic mass is 16.1. The molecular formula is C13H21N3O. The van der Waals surface area contributed by atoms with Gasteiger partial charge in [0.05, 0.1) is 5.69 Å². The van der Waals surface area contributed by atoms with Gasteiger partial charge in [0.1, 0.15) is 5.82 Å². The Bertz CT molecular complexity index is 435. The van der Waals surface area contributed by atoms with E-state index in [1.54, 1.807) is 0 Å². The number of aromatic nitrogens is 2. The highest BCUT2D eigenvalue weighted by molar-refractivity contribution is 5.24. The molecule has 1 fully saturated rings. The fourth-order valence-corrected chi connectivity index (χ4v) is 2.27. The maximum absolute atomic E-state index is 12.0. The van der Waals surface area contributed by atoms with Crippen LogP contribution in [-0.4, -0.2) is 16.5 Å². The first-order chi connectivity index (χ1) is 8.26. The highest BCUT2D eigenvalue weighted by Crippen LogP contribution is 2.36. The first-order valence-corrected chi connectivity index (χ1v) is 6.58. The lowest BCUT2D eigenvalue weighted by atomic mass is 9.80. The summed E-state index contributed by atoms with van der Waals surface area (Å²) in [6, 6.07) is 0. The number of nitrogens with zero attached hydrogens (tertiary/aromatic N) is 1. The monoisotopic (exact) mass is 235 g/mol. The van der Waals surface area contributed by atoms with Crippen LogP contribution in [0.3, 0.4) is 0 Å². The van der Waals surface area contributed by atoms with Crippen LogP contribution >= 0.6 is 0 Å². The van der Waals surface area contributed by atoms with Crippen LogP contribution in [0, 0.1) is 0 Å². The van der Waals surface area contributed by atoms with Crippen molar-refractivity contribution in [3.8, 4) is 0 Å². The van der Waals surface area contributed by atoms with E-state index in [0.717, 1.165) is 36.3 Å². The van der Waals surface area contributed by atoms with E-state index in [2.05, 4.69) is 9.97 Å². The summed E-state index contributed by atoms with van der Waals surface area (Å²) in [7, 11) is 0. The molecule has 94 valence electrons. The van der Waals surface area contributed by atoms with Crippen molar-refractivity contribution in [1.29, 1.82) is 0 Å². The van der Waals surface area contributed by atoms with E-state index in [4.69, 9.17) is 5.73 Å². The lowest BCUT2D eigenvalue weighted by molar-refractivity contribution is 0.405. The zero-order chi connectivity index (χ0) is 12.3. The normalized spacial score (nSPS) is 15.9. The number of hydrogen-bond donors (Lipinski definition) is 2. The van der Waals surface area contributed by atoms with Gasteiger partial charge >= 0.3 is 0 Å². The van der Waals surface area contributed by atoms with E-state index in [1.165, 1.54) is 19.3 Å². The van der Waals surface area contributed by atoms with Gasteiger partial charge in [0.2, 0.25) is 0 Å². The second-order valence-corrected chi connectivity index (χ2v) is 4.75. The molecule has 0 amide bonds. The SMILES string of the molecule is CCc1nc(C2CCC2)c(CCCN)c(=O)[nH]1. The first kappa shape index (κ1) is 12.3. The summed E-state index contributed by atoms with van der Waals surface area (Å²) in [5.74, 6) is 1.32. The minimum absolute atomic E-state index is 0.0483. The van der Waals surface area contributed by atoms with E-state index in [-0.39, 0.29) is 5.56 Å². The second kappa shape index (κ2) is 5.45. The molecule has 1 aromatic heterocycles. The second-order valence-electron chi connectivity index (χ2n) is 4.75. The van der Waals surface area contributed by atoms with E-state index in [9.17, 15) is 4.79 Å². The van der Waals surface area contributed by atoms with Gasteiger partial charge in [0.25, 0.3) is 5.56 Å². The largest absolute Gasteiger partial charge is 0.330 e. The predicted octanol–water partition coefficient (Wildman–Crippen LogP) is 1.49. The minimum Gasteiger partial charge on any atom is -0.330 e. The van der Waals surface area contributed by atoms with Crippen molar-refractivity contribution >= 4 is 0 Å². The van der Waals surface area contributed by atoms with Crippen molar-refractivity contribution in [2.24, 2.45) is 5.73 Å². The Hall–Kier alpha value is -1.16. The van der Waals surface area contributed by atoms with Gasteiger partial charge in [-0.15, -0.1) is 0 Å².